The van der Waals surface area contributed by atoms with E-state index in [2.05, 4.69) is 34.4 Å². The molecule has 122 valence electrons. The molecule has 0 fully saturated rings. The van der Waals surface area contributed by atoms with Gasteiger partial charge in [-0.3, -0.25) is 9.78 Å². The Labute approximate surface area is 141 Å². The fourth-order valence-electron chi connectivity index (χ4n) is 3.58. The molecule has 3 heterocycles. The summed E-state index contributed by atoms with van der Waals surface area (Å²) in [7, 11) is 0. The van der Waals surface area contributed by atoms with E-state index >= 15 is 0 Å². The monoisotopic (exact) mass is 320 g/mol. The van der Waals surface area contributed by atoms with Crippen LogP contribution in [0.5, 0.6) is 0 Å². The number of rotatable bonds is 1. The molecule has 1 unspecified atom stereocenters. The first kappa shape index (κ1) is 14.9. The molecule has 0 saturated carbocycles. The van der Waals surface area contributed by atoms with Gasteiger partial charge in [0.1, 0.15) is 5.82 Å². The molecule has 1 aliphatic carbocycles. The number of allylic oxidation sites excluding steroid dienone is 1. The molecule has 2 N–H and O–H groups in total. The number of hydrogen-bond acceptors (Lipinski definition) is 5. The first-order valence-electron chi connectivity index (χ1n) is 8.18. The summed E-state index contributed by atoms with van der Waals surface area (Å²) in [6, 6.07) is 7.57. The molecule has 2 aromatic rings. The number of carbonyl (C=O) groups excluding carboxylic acids is 1. The van der Waals surface area contributed by atoms with E-state index in [1.807, 2.05) is 24.3 Å². The minimum absolute atomic E-state index is 0.0432. The van der Waals surface area contributed by atoms with E-state index in [4.69, 9.17) is 0 Å². The molecule has 1 atom stereocenters. The van der Waals surface area contributed by atoms with Crippen molar-refractivity contribution in [1.29, 1.82) is 0 Å². The van der Waals surface area contributed by atoms with Crippen molar-refractivity contribution in [3.63, 3.8) is 0 Å². The van der Waals surface area contributed by atoms with E-state index in [1.54, 1.807) is 18.6 Å². The minimum atomic E-state index is -0.213. The Morgan fingerprint density at radius 3 is 2.71 bits per heavy atom. The Morgan fingerprint density at radius 2 is 1.92 bits per heavy atom. The molecule has 2 aliphatic rings. The molecule has 1 aliphatic heterocycles. The zero-order valence-corrected chi connectivity index (χ0v) is 13.8. The van der Waals surface area contributed by atoms with Crippen LogP contribution in [-0.4, -0.2) is 15.8 Å². The predicted molar refractivity (Wildman–Crippen MR) is 93.5 cm³/mol. The Morgan fingerprint density at radius 1 is 1.12 bits per heavy atom. The highest BCUT2D eigenvalue weighted by atomic mass is 16.1. The van der Waals surface area contributed by atoms with Crippen LogP contribution in [0.2, 0.25) is 0 Å². The second-order valence-electron chi connectivity index (χ2n) is 7.22. The fraction of sp³-hybridized carbons (Fsp3) is 0.316. The molecule has 0 saturated heterocycles. The van der Waals surface area contributed by atoms with Crippen molar-refractivity contribution >= 4 is 17.3 Å². The number of nitrogens with one attached hydrogen (secondary N) is 2. The molecule has 0 spiro atoms. The van der Waals surface area contributed by atoms with Gasteiger partial charge < -0.3 is 10.6 Å². The number of nitrogens with zero attached hydrogens (tertiary/aromatic N) is 2. The highest BCUT2D eigenvalue weighted by Crippen LogP contribution is 2.44. The predicted octanol–water partition coefficient (Wildman–Crippen LogP) is 3.70. The van der Waals surface area contributed by atoms with E-state index in [0.717, 1.165) is 34.8 Å². The van der Waals surface area contributed by atoms with E-state index < -0.39 is 0 Å². The number of Topliss-reactive ketones (excluding diaryl/α,β-unsaturated/α-hetero) is 1. The van der Waals surface area contributed by atoms with Crippen LogP contribution in [0.3, 0.4) is 0 Å². The van der Waals surface area contributed by atoms with Crippen molar-refractivity contribution in [3.05, 3.63) is 59.7 Å². The van der Waals surface area contributed by atoms with Gasteiger partial charge in [0.05, 0.1) is 11.7 Å². The number of anilines is 2. The second-order valence-corrected chi connectivity index (χ2v) is 7.22. The third kappa shape index (κ3) is 2.56. The molecule has 4 rings (SSSR count). The van der Waals surface area contributed by atoms with Gasteiger partial charge in [-0.15, -0.1) is 0 Å². The number of hydrogen-bond donors (Lipinski definition) is 2. The van der Waals surface area contributed by atoms with Crippen LogP contribution in [0.25, 0.3) is 0 Å². The Bertz CT molecular complexity index is 826. The fourth-order valence-corrected chi connectivity index (χ4v) is 3.58. The molecule has 0 amide bonds. The van der Waals surface area contributed by atoms with Crippen LogP contribution in [-0.2, 0) is 4.79 Å². The highest BCUT2D eigenvalue weighted by Gasteiger charge is 2.38. The summed E-state index contributed by atoms with van der Waals surface area (Å²) in [6.07, 6.45) is 6.66. The maximum absolute atomic E-state index is 13.0. The van der Waals surface area contributed by atoms with Gasteiger partial charge in [-0.05, 0) is 41.7 Å². The summed E-state index contributed by atoms with van der Waals surface area (Å²) in [5.74, 6) is 0.954. The highest BCUT2D eigenvalue weighted by molar-refractivity contribution is 6.00. The smallest absolute Gasteiger partial charge is 0.163 e. The van der Waals surface area contributed by atoms with E-state index in [0.29, 0.717) is 6.42 Å². The van der Waals surface area contributed by atoms with Crippen LogP contribution in [0, 0.1) is 5.41 Å². The summed E-state index contributed by atoms with van der Waals surface area (Å²) < 4.78 is 0. The lowest BCUT2D eigenvalue weighted by atomic mass is 9.73. The Balaban J connectivity index is 1.89. The summed E-state index contributed by atoms with van der Waals surface area (Å²) in [5.41, 5.74) is 3.70. The van der Waals surface area contributed by atoms with E-state index in [-0.39, 0.29) is 17.2 Å². The molecule has 5 heteroatoms. The molecule has 5 nitrogen and oxygen atoms in total. The van der Waals surface area contributed by atoms with E-state index in [9.17, 15) is 4.79 Å². The van der Waals surface area contributed by atoms with Gasteiger partial charge in [0.25, 0.3) is 0 Å². The molecule has 2 aromatic heterocycles. The number of pyridine rings is 2. The summed E-state index contributed by atoms with van der Waals surface area (Å²) in [5, 5.41) is 6.92. The number of fused-ring (bicyclic) bond motifs is 1. The van der Waals surface area contributed by atoms with Crippen molar-refractivity contribution in [2.75, 3.05) is 10.6 Å². The zero-order valence-electron chi connectivity index (χ0n) is 13.8. The quantitative estimate of drug-likeness (QED) is 0.838. The van der Waals surface area contributed by atoms with Crippen LogP contribution in [0.1, 0.15) is 38.3 Å². The molecule has 24 heavy (non-hydrogen) atoms. The standard InChI is InChI=1S/C19H20N4O/c1-19(2)10-14-16(15(24)11-19)17(12-5-8-20-9-6-12)23-18-13(22-14)4-3-7-21-18/h3-9,17,22H,10-11H2,1-2H3,(H,21,23). The number of ketones is 1. The van der Waals surface area contributed by atoms with Gasteiger partial charge in [-0.1, -0.05) is 13.8 Å². The van der Waals surface area contributed by atoms with Gasteiger partial charge in [-0.2, -0.15) is 0 Å². The molecular weight excluding hydrogens is 300 g/mol. The van der Waals surface area contributed by atoms with Gasteiger partial charge in [0.15, 0.2) is 5.78 Å². The van der Waals surface area contributed by atoms with Crippen molar-refractivity contribution in [3.8, 4) is 0 Å². The SMILES string of the molecule is CC1(C)CC(=O)C2=C(C1)Nc1cccnc1NC2c1ccncc1. The van der Waals surface area contributed by atoms with Crippen LogP contribution in [0.4, 0.5) is 11.5 Å². The lowest BCUT2D eigenvalue weighted by Gasteiger charge is -2.34. The van der Waals surface area contributed by atoms with Crippen molar-refractivity contribution in [2.24, 2.45) is 5.41 Å². The molecule has 0 radical (unpaired) electrons. The number of carbonyl (C=O) groups is 1. The maximum atomic E-state index is 13.0. The molecule has 0 aromatic carbocycles. The Kier molecular flexibility index (Phi) is 3.37. The molecular formula is C19H20N4O. The third-order valence-corrected chi connectivity index (χ3v) is 4.62. The normalized spacial score (nSPS) is 21.9. The third-order valence-electron chi connectivity index (χ3n) is 4.62. The van der Waals surface area contributed by atoms with Gasteiger partial charge in [-0.25, -0.2) is 4.98 Å². The van der Waals surface area contributed by atoms with Crippen molar-refractivity contribution < 1.29 is 4.79 Å². The average Bonchev–Trinajstić information content (AvgIpc) is 2.70. The van der Waals surface area contributed by atoms with Crippen LogP contribution in [0.15, 0.2) is 54.1 Å². The van der Waals surface area contributed by atoms with Gasteiger partial charge in [0, 0.05) is 36.3 Å². The summed E-state index contributed by atoms with van der Waals surface area (Å²) in [4.78, 5) is 21.5. The minimum Gasteiger partial charge on any atom is -0.357 e. The first-order valence-corrected chi connectivity index (χ1v) is 8.18. The number of aromatic nitrogens is 2. The van der Waals surface area contributed by atoms with Crippen molar-refractivity contribution in [1.82, 2.24) is 9.97 Å². The zero-order chi connectivity index (χ0) is 16.7. The van der Waals surface area contributed by atoms with Gasteiger partial charge in [0.2, 0.25) is 0 Å². The first-order chi connectivity index (χ1) is 11.5. The van der Waals surface area contributed by atoms with Crippen molar-refractivity contribution in [2.45, 2.75) is 32.7 Å². The average molecular weight is 320 g/mol. The van der Waals surface area contributed by atoms with Crippen LogP contribution < -0.4 is 10.6 Å². The Hall–Kier alpha value is -2.69. The largest absolute Gasteiger partial charge is 0.357 e. The summed E-state index contributed by atoms with van der Waals surface area (Å²) in [6.45, 7) is 4.28. The van der Waals surface area contributed by atoms with Gasteiger partial charge >= 0.3 is 0 Å². The topological polar surface area (TPSA) is 66.9 Å². The lowest BCUT2D eigenvalue weighted by molar-refractivity contribution is -0.118. The summed E-state index contributed by atoms with van der Waals surface area (Å²) >= 11 is 0. The second kappa shape index (κ2) is 5.44. The maximum Gasteiger partial charge on any atom is 0.163 e. The lowest BCUT2D eigenvalue weighted by Crippen LogP contribution is -2.31. The van der Waals surface area contributed by atoms with Crippen LogP contribution >= 0.6 is 0 Å². The van der Waals surface area contributed by atoms with E-state index in [1.165, 1.54) is 0 Å². The molecule has 0 bridgehead atoms.